The van der Waals surface area contributed by atoms with Crippen LogP contribution in [-0.2, 0) is 12.8 Å². The van der Waals surface area contributed by atoms with E-state index in [0.717, 1.165) is 6.07 Å². The molecule has 0 atom stereocenters. The van der Waals surface area contributed by atoms with Gasteiger partial charge in [0, 0.05) is 6.07 Å². The number of hydrogen-bond acceptors (Lipinski definition) is 1. The Kier molecular flexibility index (Phi) is 4.01. The Bertz CT molecular complexity index is 310. The first-order valence-electron chi connectivity index (χ1n) is 4.80. The summed E-state index contributed by atoms with van der Waals surface area (Å²) >= 11 is 0. The summed E-state index contributed by atoms with van der Waals surface area (Å²) in [4.78, 5) is 0. The van der Waals surface area contributed by atoms with Crippen LogP contribution >= 0.6 is 0 Å². The van der Waals surface area contributed by atoms with E-state index in [2.05, 4.69) is 5.32 Å². The average Bonchev–Trinajstić information content (AvgIpc) is 2.17. The molecular weight excluding hydrogens is 184 g/mol. The number of halogens is 2. The third kappa shape index (κ3) is 2.51. The fraction of sp³-hybridized carbons (Fsp3) is 0.455. The molecule has 0 radical (unpaired) electrons. The zero-order valence-electron chi connectivity index (χ0n) is 8.53. The molecule has 0 amide bonds. The van der Waals surface area contributed by atoms with Crippen LogP contribution in [0.15, 0.2) is 12.1 Å². The SMILES string of the molecule is CCc1cc(CCNC)c(F)cc1F. The minimum Gasteiger partial charge on any atom is -0.319 e. The first kappa shape index (κ1) is 11.1. The van der Waals surface area contributed by atoms with E-state index < -0.39 is 11.6 Å². The van der Waals surface area contributed by atoms with Gasteiger partial charge in [-0.2, -0.15) is 0 Å². The topological polar surface area (TPSA) is 12.0 Å². The number of hydrogen-bond donors (Lipinski definition) is 1. The smallest absolute Gasteiger partial charge is 0.129 e. The van der Waals surface area contributed by atoms with Crippen LogP contribution in [0.4, 0.5) is 8.78 Å². The van der Waals surface area contributed by atoms with Crippen molar-refractivity contribution in [1.82, 2.24) is 5.32 Å². The van der Waals surface area contributed by atoms with Crippen LogP contribution in [0.3, 0.4) is 0 Å². The lowest BCUT2D eigenvalue weighted by molar-refractivity contribution is 0.561. The summed E-state index contributed by atoms with van der Waals surface area (Å²) in [5, 5.41) is 2.94. The summed E-state index contributed by atoms with van der Waals surface area (Å²) in [6, 6.07) is 2.59. The van der Waals surface area contributed by atoms with Crippen molar-refractivity contribution in [2.24, 2.45) is 0 Å². The number of nitrogens with one attached hydrogen (secondary N) is 1. The molecule has 0 unspecified atom stereocenters. The molecule has 14 heavy (non-hydrogen) atoms. The molecule has 1 aromatic carbocycles. The lowest BCUT2D eigenvalue weighted by Gasteiger charge is -2.06. The minimum atomic E-state index is -0.449. The van der Waals surface area contributed by atoms with E-state index in [4.69, 9.17) is 0 Å². The molecule has 3 heteroatoms. The Morgan fingerprint density at radius 3 is 2.36 bits per heavy atom. The van der Waals surface area contributed by atoms with Gasteiger partial charge in [0.2, 0.25) is 0 Å². The molecule has 0 saturated carbocycles. The zero-order chi connectivity index (χ0) is 10.6. The Balaban J connectivity index is 2.92. The molecule has 0 spiro atoms. The van der Waals surface area contributed by atoms with Crippen LogP contribution in [-0.4, -0.2) is 13.6 Å². The number of likely N-dealkylation sites (N-methyl/N-ethyl adjacent to an activating group) is 1. The van der Waals surface area contributed by atoms with Crippen LogP contribution in [0.2, 0.25) is 0 Å². The molecule has 1 rings (SSSR count). The summed E-state index contributed by atoms with van der Waals surface area (Å²) in [5.41, 5.74) is 1.16. The van der Waals surface area contributed by atoms with Gasteiger partial charge in [-0.05, 0) is 43.6 Å². The van der Waals surface area contributed by atoms with Gasteiger partial charge in [-0.25, -0.2) is 8.78 Å². The monoisotopic (exact) mass is 199 g/mol. The summed E-state index contributed by atoms with van der Waals surface area (Å²) in [7, 11) is 1.81. The Labute approximate surface area is 83.1 Å². The van der Waals surface area contributed by atoms with Crippen LogP contribution in [0.1, 0.15) is 18.1 Å². The second-order valence-corrected chi connectivity index (χ2v) is 3.24. The fourth-order valence-corrected chi connectivity index (χ4v) is 1.37. The van der Waals surface area contributed by atoms with E-state index in [9.17, 15) is 8.78 Å². The molecule has 78 valence electrons. The normalized spacial score (nSPS) is 10.6. The maximum Gasteiger partial charge on any atom is 0.129 e. The third-order valence-electron chi connectivity index (χ3n) is 2.24. The van der Waals surface area contributed by atoms with Gasteiger partial charge < -0.3 is 5.32 Å². The van der Waals surface area contributed by atoms with Crippen LogP contribution in [0.25, 0.3) is 0 Å². The van der Waals surface area contributed by atoms with Gasteiger partial charge in [-0.1, -0.05) is 6.92 Å². The Hall–Kier alpha value is -0.960. The van der Waals surface area contributed by atoms with Gasteiger partial charge in [0.15, 0.2) is 0 Å². The maximum atomic E-state index is 13.2. The molecule has 0 aromatic heterocycles. The van der Waals surface area contributed by atoms with Gasteiger partial charge >= 0.3 is 0 Å². The quantitative estimate of drug-likeness (QED) is 0.784. The van der Waals surface area contributed by atoms with E-state index in [1.807, 2.05) is 14.0 Å². The highest BCUT2D eigenvalue weighted by Gasteiger charge is 2.07. The highest BCUT2D eigenvalue weighted by molar-refractivity contribution is 5.27. The lowest BCUT2D eigenvalue weighted by Crippen LogP contribution is -2.11. The van der Waals surface area contributed by atoms with E-state index in [-0.39, 0.29) is 0 Å². The molecule has 1 N–H and O–H groups in total. The van der Waals surface area contributed by atoms with Gasteiger partial charge in [-0.15, -0.1) is 0 Å². The van der Waals surface area contributed by atoms with Crippen LogP contribution < -0.4 is 5.32 Å². The third-order valence-corrected chi connectivity index (χ3v) is 2.24. The second kappa shape index (κ2) is 5.05. The molecule has 0 heterocycles. The Morgan fingerprint density at radius 2 is 1.79 bits per heavy atom. The molecule has 0 bridgehead atoms. The van der Waals surface area contributed by atoms with Gasteiger partial charge in [0.25, 0.3) is 0 Å². The number of rotatable bonds is 4. The van der Waals surface area contributed by atoms with Crippen molar-refractivity contribution < 1.29 is 8.78 Å². The predicted octanol–water partition coefficient (Wildman–Crippen LogP) is 2.29. The summed E-state index contributed by atoms with van der Waals surface area (Å²) in [6.45, 7) is 2.56. The molecule has 0 aliphatic carbocycles. The zero-order valence-corrected chi connectivity index (χ0v) is 8.53. The van der Waals surface area contributed by atoms with E-state index in [1.54, 1.807) is 6.07 Å². The van der Waals surface area contributed by atoms with E-state index in [1.165, 1.54) is 0 Å². The molecular formula is C11H15F2N. The van der Waals surface area contributed by atoms with E-state index >= 15 is 0 Å². The van der Waals surface area contributed by atoms with Crippen molar-refractivity contribution >= 4 is 0 Å². The predicted molar refractivity (Wildman–Crippen MR) is 53.4 cm³/mol. The van der Waals surface area contributed by atoms with Gasteiger partial charge in [0.1, 0.15) is 11.6 Å². The van der Waals surface area contributed by atoms with Crippen LogP contribution in [0, 0.1) is 11.6 Å². The standard InChI is InChI=1S/C11H15F2N/c1-3-8-6-9(4-5-14-2)11(13)7-10(8)12/h6-7,14H,3-5H2,1-2H3. The molecule has 0 fully saturated rings. The average molecular weight is 199 g/mol. The fourth-order valence-electron chi connectivity index (χ4n) is 1.37. The Morgan fingerprint density at radius 1 is 1.14 bits per heavy atom. The molecule has 1 nitrogen and oxygen atoms in total. The molecule has 0 saturated heterocycles. The van der Waals surface area contributed by atoms with Crippen molar-refractivity contribution in [1.29, 1.82) is 0 Å². The van der Waals surface area contributed by atoms with Gasteiger partial charge in [-0.3, -0.25) is 0 Å². The molecule has 0 aliphatic rings. The lowest BCUT2D eigenvalue weighted by atomic mass is 10.1. The second-order valence-electron chi connectivity index (χ2n) is 3.24. The largest absolute Gasteiger partial charge is 0.319 e. The van der Waals surface area contributed by atoms with Crippen molar-refractivity contribution in [3.63, 3.8) is 0 Å². The van der Waals surface area contributed by atoms with Crippen molar-refractivity contribution in [2.75, 3.05) is 13.6 Å². The number of benzene rings is 1. The maximum absolute atomic E-state index is 13.2. The number of aryl methyl sites for hydroxylation is 1. The highest BCUT2D eigenvalue weighted by Crippen LogP contribution is 2.15. The summed E-state index contributed by atoms with van der Waals surface area (Å²) in [6.07, 6.45) is 1.19. The summed E-state index contributed by atoms with van der Waals surface area (Å²) < 4.78 is 26.3. The first-order chi connectivity index (χ1) is 6.69. The minimum absolute atomic E-state index is 0.446. The van der Waals surface area contributed by atoms with Crippen LogP contribution in [0.5, 0.6) is 0 Å². The van der Waals surface area contributed by atoms with Crippen molar-refractivity contribution in [3.05, 3.63) is 34.9 Å². The summed E-state index contributed by atoms with van der Waals surface area (Å²) in [5.74, 6) is -0.895. The van der Waals surface area contributed by atoms with Gasteiger partial charge in [0.05, 0.1) is 0 Å². The van der Waals surface area contributed by atoms with E-state index in [0.29, 0.717) is 30.5 Å². The molecule has 0 aliphatic heterocycles. The first-order valence-corrected chi connectivity index (χ1v) is 4.80. The van der Waals surface area contributed by atoms with Crippen molar-refractivity contribution in [3.8, 4) is 0 Å². The molecule has 1 aromatic rings. The van der Waals surface area contributed by atoms with Crippen molar-refractivity contribution in [2.45, 2.75) is 19.8 Å². The highest BCUT2D eigenvalue weighted by atomic mass is 19.1.